The minimum absolute atomic E-state index is 0.181. The molecule has 0 bridgehead atoms. The highest BCUT2D eigenvalue weighted by Gasteiger charge is 2.17. The van der Waals surface area contributed by atoms with E-state index >= 15 is 0 Å². The lowest BCUT2D eigenvalue weighted by Gasteiger charge is -2.11. The molecule has 1 heterocycles. The Morgan fingerprint density at radius 2 is 2.10 bits per heavy atom. The normalized spacial score (nSPS) is 12.1. The number of pyridine rings is 1. The molecule has 1 atom stereocenters. The Hall–Kier alpha value is -1.82. The topological polar surface area (TPSA) is 88.5 Å². The SMILES string of the molecule is CC(C)COc1ncc(C(=O)NC(C)C(=O)O)cc1Cl. The van der Waals surface area contributed by atoms with Crippen LogP contribution in [0.5, 0.6) is 5.88 Å². The first kappa shape index (κ1) is 16.2. The van der Waals surface area contributed by atoms with Gasteiger partial charge in [0.05, 0.1) is 12.2 Å². The number of amides is 1. The summed E-state index contributed by atoms with van der Waals surface area (Å²) in [6, 6.07) is 0.409. The van der Waals surface area contributed by atoms with Crippen LogP contribution in [0.1, 0.15) is 31.1 Å². The number of aliphatic carboxylic acids is 1. The van der Waals surface area contributed by atoms with Crippen LogP contribution in [0.2, 0.25) is 5.02 Å². The van der Waals surface area contributed by atoms with Crippen LogP contribution in [0.25, 0.3) is 0 Å². The summed E-state index contributed by atoms with van der Waals surface area (Å²) in [6.45, 7) is 5.82. The Bertz CT molecular complexity index is 505. The number of carbonyl (C=O) groups excluding carboxylic acids is 1. The van der Waals surface area contributed by atoms with E-state index < -0.39 is 17.9 Å². The van der Waals surface area contributed by atoms with Crippen molar-refractivity contribution in [2.24, 2.45) is 5.92 Å². The minimum atomic E-state index is -1.12. The van der Waals surface area contributed by atoms with Gasteiger partial charge in [0, 0.05) is 6.20 Å². The Morgan fingerprint density at radius 1 is 1.45 bits per heavy atom. The van der Waals surface area contributed by atoms with Crippen LogP contribution >= 0.6 is 11.6 Å². The third kappa shape index (κ3) is 4.70. The average molecular weight is 301 g/mol. The van der Waals surface area contributed by atoms with Gasteiger partial charge in [0.2, 0.25) is 5.88 Å². The minimum Gasteiger partial charge on any atom is -0.480 e. The fourth-order valence-corrected chi connectivity index (χ4v) is 1.46. The van der Waals surface area contributed by atoms with Crippen LogP contribution in [0.4, 0.5) is 0 Å². The highest BCUT2D eigenvalue weighted by Crippen LogP contribution is 2.22. The van der Waals surface area contributed by atoms with E-state index in [0.29, 0.717) is 12.5 Å². The second-order valence-electron chi connectivity index (χ2n) is 4.75. The molecule has 0 aromatic carbocycles. The van der Waals surface area contributed by atoms with Gasteiger partial charge in [-0.1, -0.05) is 25.4 Å². The van der Waals surface area contributed by atoms with E-state index in [4.69, 9.17) is 21.4 Å². The molecule has 0 aliphatic carbocycles. The van der Waals surface area contributed by atoms with Gasteiger partial charge < -0.3 is 15.2 Å². The molecular formula is C13H17ClN2O4. The molecule has 6 nitrogen and oxygen atoms in total. The van der Waals surface area contributed by atoms with Crippen molar-refractivity contribution in [3.63, 3.8) is 0 Å². The molecule has 0 fully saturated rings. The lowest BCUT2D eigenvalue weighted by molar-refractivity contribution is -0.138. The van der Waals surface area contributed by atoms with Crippen LogP contribution in [0, 0.1) is 5.92 Å². The molecule has 1 aromatic rings. The van der Waals surface area contributed by atoms with E-state index in [9.17, 15) is 9.59 Å². The van der Waals surface area contributed by atoms with Gasteiger partial charge in [0.1, 0.15) is 11.1 Å². The van der Waals surface area contributed by atoms with Crippen molar-refractivity contribution < 1.29 is 19.4 Å². The molecule has 0 saturated heterocycles. The first-order chi connectivity index (χ1) is 9.31. The summed E-state index contributed by atoms with van der Waals surface area (Å²) in [5.74, 6) is -1.09. The zero-order chi connectivity index (χ0) is 15.3. The van der Waals surface area contributed by atoms with Crippen molar-refractivity contribution in [1.82, 2.24) is 10.3 Å². The lowest BCUT2D eigenvalue weighted by atomic mass is 10.2. The van der Waals surface area contributed by atoms with Crippen LogP contribution in [0.15, 0.2) is 12.3 Å². The van der Waals surface area contributed by atoms with Crippen molar-refractivity contribution in [2.75, 3.05) is 6.61 Å². The van der Waals surface area contributed by atoms with Crippen LogP contribution < -0.4 is 10.1 Å². The van der Waals surface area contributed by atoms with Gasteiger partial charge in [-0.2, -0.15) is 0 Å². The molecule has 7 heteroatoms. The molecule has 0 aliphatic rings. The average Bonchev–Trinajstić information content (AvgIpc) is 2.36. The molecule has 1 amide bonds. The van der Waals surface area contributed by atoms with Crippen molar-refractivity contribution in [3.05, 3.63) is 22.8 Å². The van der Waals surface area contributed by atoms with Gasteiger partial charge in [-0.25, -0.2) is 4.98 Å². The Kier molecular flexibility index (Phi) is 5.76. The molecule has 0 radical (unpaired) electrons. The molecule has 0 spiro atoms. The molecule has 0 saturated carbocycles. The number of carbonyl (C=O) groups is 2. The Morgan fingerprint density at radius 3 is 2.60 bits per heavy atom. The van der Waals surface area contributed by atoms with Crippen LogP contribution in [-0.4, -0.2) is 34.6 Å². The summed E-state index contributed by atoms with van der Waals surface area (Å²) in [6.07, 6.45) is 1.30. The number of rotatable bonds is 6. The maximum atomic E-state index is 11.8. The van der Waals surface area contributed by atoms with E-state index in [1.54, 1.807) is 0 Å². The van der Waals surface area contributed by atoms with E-state index in [1.807, 2.05) is 13.8 Å². The summed E-state index contributed by atoms with van der Waals surface area (Å²) in [5, 5.41) is 11.2. The fourth-order valence-electron chi connectivity index (χ4n) is 1.24. The van der Waals surface area contributed by atoms with Crippen molar-refractivity contribution >= 4 is 23.5 Å². The van der Waals surface area contributed by atoms with Crippen molar-refractivity contribution in [1.29, 1.82) is 0 Å². The third-order valence-corrected chi connectivity index (χ3v) is 2.61. The van der Waals surface area contributed by atoms with Crippen LogP contribution in [0.3, 0.4) is 0 Å². The highest BCUT2D eigenvalue weighted by atomic mass is 35.5. The number of carboxylic acids is 1. The van der Waals surface area contributed by atoms with E-state index in [0.717, 1.165) is 0 Å². The van der Waals surface area contributed by atoms with E-state index in [-0.39, 0.29) is 16.5 Å². The number of carboxylic acid groups (broad SMARTS) is 1. The third-order valence-electron chi connectivity index (χ3n) is 2.34. The van der Waals surface area contributed by atoms with Crippen LogP contribution in [-0.2, 0) is 4.79 Å². The molecule has 1 aromatic heterocycles. The number of hydrogen-bond donors (Lipinski definition) is 2. The first-order valence-corrected chi connectivity index (χ1v) is 6.51. The molecule has 2 N–H and O–H groups in total. The molecule has 20 heavy (non-hydrogen) atoms. The number of aromatic nitrogens is 1. The smallest absolute Gasteiger partial charge is 0.325 e. The largest absolute Gasteiger partial charge is 0.480 e. The molecule has 1 unspecified atom stereocenters. The predicted molar refractivity (Wildman–Crippen MR) is 74.1 cm³/mol. The summed E-state index contributed by atoms with van der Waals surface area (Å²) >= 11 is 5.97. The zero-order valence-corrected chi connectivity index (χ0v) is 12.3. The second-order valence-corrected chi connectivity index (χ2v) is 5.16. The highest BCUT2D eigenvalue weighted by molar-refractivity contribution is 6.32. The lowest BCUT2D eigenvalue weighted by Crippen LogP contribution is -2.38. The monoisotopic (exact) mass is 300 g/mol. The molecule has 1 rings (SSSR count). The van der Waals surface area contributed by atoms with Gasteiger partial charge in [0.15, 0.2) is 0 Å². The maximum absolute atomic E-state index is 11.8. The number of ether oxygens (including phenoxy) is 1. The summed E-state index contributed by atoms with van der Waals surface area (Å²) in [4.78, 5) is 26.4. The van der Waals surface area contributed by atoms with E-state index in [2.05, 4.69) is 10.3 Å². The molecular weight excluding hydrogens is 284 g/mol. The van der Waals surface area contributed by atoms with Crippen molar-refractivity contribution in [2.45, 2.75) is 26.8 Å². The number of nitrogens with one attached hydrogen (secondary N) is 1. The van der Waals surface area contributed by atoms with E-state index in [1.165, 1.54) is 19.2 Å². The van der Waals surface area contributed by atoms with Gasteiger partial charge >= 0.3 is 5.97 Å². The van der Waals surface area contributed by atoms with Gasteiger partial charge in [-0.05, 0) is 18.9 Å². The second kappa shape index (κ2) is 7.09. The van der Waals surface area contributed by atoms with Gasteiger partial charge in [-0.3, -0.25) is 9.59 Å². The predicted octanol–water partition coefficient (Wildman–Crippen LogP) is 1.97. The number of halogens is 1. The first-order valence-electron chi connectivity index (χ1n) is 6.13. The van der Waals surface area contributed by atoms with Gasteiger partial charge in [0.25, 0.3) is 5.91 Å². The molecule has 110 valence electrons. The van der Waals surface area contributed by atoms with Gasteiger partial charge in [-0.15, -0.1) is 0 Å². The maximum Gasteiger partial charge on any atom is 0.325 e. The summed E-state index contributed by atoms with van der Waals surface area (Å²) in [5.41, 5.74) is 0.181. The zero-order valence-electron chi connectivity index (χ0n) is 11.5. The standard InChI is InChI=1S/C13H17ClN2O4/c1-7(2)6-20-12-10(14)4-9(5-15-12)11(17)16-8(3)13(18)19/h4-5,7-8H,6H2,1-3H3,(H,16,17)(H,18,19). The Labute approximate surface area is 122 Å². The molecule has 0 aliphatic heterocycles. The number of hydrogen-bond acceptors (Lipinski definition) is 4. The summed E-state index contributed by atoms with van der Waals surface area (Å²) < 4.78 is 5.38. The summed E-state index contributed by atoms with van der Waals surface area (Å²) in [7, 11) is 0. The van der Waals surface area contributed by atoms with Crippen molar-refractivity contribution in [3.8, 4) is 5.88 Å². The number of nitrogens with zero attached hydrogens (tertiary/aromatic N) is 1. The quantitative estimate of drug-likeness (QED) is 0.838. The fraction of sp³-hybridized carbons (Fsp3) is 0.462. The Balaban J connectivity index is 2.76.